The summed E-state index contributed by atoms with van der Waals surface area (Å²) in [6.07, 6.45) is 2.64. The van der Waals surface area contributed by atoms with Crippen molar-refractivity contribution in [2.75, 3.05) is 0 Å². The molecule has 18 heavy (non-hydrogen) atoms. The highest BCUT2D eigenvalue weighted by Gasteiger charge is 2.13. The van der Waals surface area contributed by atoms with Crippen LogP contribution in [0.15, 0.2) is 36.5 Å². The van der Waals surface area contributed by atoms with Gasteiger partial charge in [-0.2, -0.15) is 5.10 Å². The highest BCUT2D eigenvalue weighted by Crippen LogP contribution is 2.14. The second-order valence-electron chi connectivity index (χ2n) is 4.97. The maximum absolute atomic E-state index is 12.3. The SMILES string of the molecule is CC(C)Cc1cccc(C(=O)c2ccnn2C)c1. The summed E-state index contributed by atoms with van der Waals surface area (Å²) in [5.41, 5.74) is 2.56. The van der Waals surface area contributed by atoms with Crippen LogP contribution in [-0.4, -0.2) is 15.6 Å². The Balaban J connectivity index is 2.29. The number of carbonyl (C=O) groups is 1. The fourth-order valence-electron chi connectivity index (χ4n) is 2.06. The highest BCUT2D eigenvalue weighted by molar-refractivity contribution is 6.07. The molecule has 2 rings (SSSR count). The largest absolute Gasteiger partial charge is 0.287 e. The van der Waals surface area contributed by atoms with E-state index in [1.54, 1.807) is 24.0 Å². The molecule has 94 valence electrons. The maximum Gasteiger partial charge on any atom is 0.211 e. The van der Waals surface area contributed by atoms with E-state index in [2.05, 4.69) is 25.0 Å². The molecular formula is C15H18N2O. The van der Waals surface area contributed by atoms with Crippen LogP contribution in [0.5, 0.6) is 0 Å². The number of ketones is 1. The smallest absolute Gasteiger partial charge is 0.211 e. The van der Waals surface area contributed by atoms with E-state index in [1.807, 2.05) is 18.2 Å². The van der Waals surface area contributed by atoms with Gasteiger partial charge in [0.1, 0.15) is 5.69 Å². The third-order valence-corrected chi connectivity index (χ3v) is 2.89. The summed E-state index contributed by atoms with van der Waals surface area (Å²) in [5, 5.41) is 4.03. The Morgan fingerprint density at radius 3 is 2.72 bits per heavy atom. The molecule has 2 aromatic rings. The van der Waals surface area contributed by atoms with Gasteiger partial charge in [0.05, 0.1) is 0 Å². The second-order valence-corrected chi connectivity index (χ2v) is 4.97. The lowest BCUT2D eigenvalue weighted by molar-refractivity contribution is 0.103. The molecule has 3 nitrogen and oxygen atoms in total. The predicted molar refractivity (Wildman–Crippen MR) is 71.6 cm³/mol. The van der Waals surface area contributed by atoms with Crippen molar-refractivity contribution in [2.24, 2.45) is 13.0 Å². The van der Waals surface area contributed by atoms with Crippen molar-refractivity contribution in [1.29, 1.82) is 0 Å². The third kappa shape index (κ3) is 2.67. The molecule has 0 aliphatic heterocycles. The van der Waals surface area contributed by atoms with Crippen LogP contribution in [0.3, 0.4) is 0 Å². The minimum atomic E-state index is 0.0283. The predicted octanol–water partition coefficient (Wildman–Crippen LogP) is 2.85. The zero-order chi connectivity index (χ0) is 13.1. The van der Waals surface area contributed by atoms with Crippen molar-refractivity contribution in [1.82, 2.24) is 9.78 Å². The van der Waals surface area contributed by atoms with Gasteiger partial charge in [-0.05, 0) is 30.0 Å². The van der Waals surface area contributed by atoms with Crippen LogP contribution >= 0.6 is 0 Å². The lowest BCUT2D eigenvalue weighted by Gasteiger charge is -2.07. The van der Waals surface area contributed by atoms with Gasteiger partial charge < -0.3 is 0 Å². The van der Waals surface area contributed by atoms with Crippen LogP contribution in [0, 0.1) is 5.92 Å². The Morgan fingerprint density at radius 2 is 2.11 bits per heavy atom. The van der Waals surface area contributed by atoms with Gasteiger partial charge in [0, 0.05) is 18.8 Å². The number of rotatable bonds is 4. The summed E-state index contributed by atoms with van der Waals surface area (Å²) in [4.78, 5) is 12.3. The molecule has 0 unspecified atom stereocenters. The van der Waals surface area contributed by atoms with Gasteiger partial charge in [0.25, 0.3) is 0 Å². The molecule has 0 radical (unpaired) electrons. The van der Waals surface area contributed by atoms with Crippen molar-refractivity contribution >= 4 is 5.78 Å². The molecule has 0 bridgehead atoms. The van der Waals surface area contributed by atoms with Crippen molar-refractivity contribution in [3.63, 3.8) is 0 Å². The molecule has 3 heteroatoms. The maximum atomic E-state index is 12.3. The fraction of sp³-hybridized carbons (Fsp3) is 0.333. The summed E-state index contributed by atoms with van der Waals surface area (Å²) in [6, 6.07) is 9.60. The van der Waals surface area contributed by atoms with Gasteiger partial charge in [-0.3, -0.25) is 9.48 Å². The summed E-state index contributed by atoms with van der Waals surface area (Å²) >= 11 is 0. The Labute approximate surface area is 107 Å². The van der Waals surface area contributed by atoms with E-state index in [1.165, 1.54) is 5.56 Å². The molecule has 0 saturated heterocycles. The monoisotopic (exact) mass is 242 g/mol. The van der Waals surface area contributed by atoms with Crippen LogP contribution in [0.4, 0.5) is 0 Å². The summed E-state index contributed by atoms with van der Waals surface area (Å²) in [7, 11) is 1.78. The van der Waals surface area contributed by atoms with Crippen LogP contribution < -0.4 is 0 Å². The first-order valence-corrected chi connectivity index (χ1v) is 6.19. The van der Waals surface area contributed by atoms with Crippen LogP contribution in [0.1, 0.15) is 35.5 Å². The van der Waals surface area contributed by atoms with Gasteiger partial charge >= 0.3 is 0 Å². The Kier molecular flexibility index (Phi) is 3.60. The van der Waals surface area contributed by atoms with Gasteiger partial charge in [-0.25, -0.2) is 0 Å². The zero-order valence-electron chi connectivity index (χ0n) is 11.1. The first kappa shape index (κ1) is 12.6. The first-order valence-electron chi connectivity index (χ1n) is 6.19. The van der Waals surface area contributed by atoms with Crippen LogP contribution in [0.2, 0.25) is 0 Å². The number of hydrogen-bond acceptors (Lipinski definition) is 2. The van der Waals surface area contributed by atoms with Gasteiger partial charge in [-0.1, -0.05) is 32.0 Å². The molecule has 0 atom stereocenters. The number of hydrogen-bond donors (Lipinski definition) is 0. The number of aryl methyl sites for hydroxylation is 1. The van der Waals surface area contributed by atoms with Gasteiger partial charge in [0.2, 0.25) is 5.78 Å². The van der Waals surface area contributed by atoms with Crippen molar-refractivity contribution in [3.8, 4) is 0 Å². The fourth-order valence-corrected chi connectivity index (χ4v) is 2.06. The Bertz CT molecular complexity index is 555. The quantitative estimate of drug-likeness (QED) is 0.773. The molecular weight excluding hydrogens is 224 g/mol. The third-order valence-electron chi connectivity index (χ3n) is 2.89. The molecule has 0 amide bonds. The molecule has 1 heterocycles. The number of aromatic nitrogens is 2. The molecule has 0 saturated carbocycles. The molecule has 0 aliphatic carbocycles. The molecule has 0 spiro atoms. The van der Waals surface area contributed by atoms with Gasteiger partial charge in [0.15, 0.2) is 0 Å². The molecule has 1 aromatic carbocycles. The van der Waals surface area contributed by atoms with Crippen LogP contribution in [0.25, 0.3) is 0 Å². The highest BCUT2D eigenvalue weighted by atomic mass is 16.1. The zero-order valence-corrected chi connectivity index (χ0v) is 11.1. The number of benzene rings is 1. The van der Waals surface area contributed by atoms with E-state index in [0.29, 0.717) is 11.6 Å². The van der Waals surface area contributed by atoms with Gasteiger partial charge in [-0.15, -0.1) is 0 Å². The number of nitrogens with zero attached hydrogens (tertiary/aromatic N) is 2. The second kappa shape index (κ2) is 5.17. The van der Waals surface area contributed by atoms with Crippen molar-refractivity contribution in [2.45, 2.75) is 20.3 Å². The van der Waals surface area contributed by atoms with E-state index >= 15 is 0 Å². The molecule has 0 aliphatic rings. The molecule has 0 fully saturated rings. The van der Waals surface area contributed by atoms with Crippen molar-refractivity contribution in [3.05, 3.63) is 53.3 Å². The molecule has 0 N–H and O–H groups in total. The molecule has 1 aromatic heterocycles. The Morgan fingerprint density at radius 1 is 1.33 bits per heavy atom. The summed E-state index contributed by atoms with van der Waals surface area (Å²) < 4.78 is 1.61. The van der Waals surface area contributed by atoms with E-state index in [0.717, 1.165) is 12.0 Å². The van der Waals surface area contributed by atoms with E-state index in [9.17, 15) is 4.79 Å². The average molecular weight is 242 g/mol. The summed E-state index contributed by atoms with van der Waals surface area (Å²) in [6.45, 7) is 4.35. The standard InChI is InChI=1S/C15H18N2O/c1-11(2)9-12-5-4-6-13(10-12)15(18)14-7-8-16-17(14)3/h4-8,10-11H,9H2,1-3H3. The minimum Gasteiger partial charge on any atom is -0.287 e. The van der Waals surface area contributed by atoms with E-state index < -0.39 is 0 Å². The normalized spacial score (nSPS) is 10.9. The Hall–Kier alpha value is -1.90. The lowest BCUT2D eigenvalue weighted by Crippen LogP contribution is -2.08. The topological polar surface area (TPSA) is 34.9 Å². The minimum absolute atomic E-state index is 0.0283. The van der Waals surface area contributed by atoms with Crippen molar-refractivity contribution < 1.29 is 4.79 Å². The van der Waals surface area contributed by atoms with Crippen LogP contribution in [-0.2, 0) is 13.5 Å². The summed E-state index contributed by atoms with van der Waals surface area (Å²) in [5.74, 6) is 0.618. The number of carbonyl (C=O) groups excluding carboxylic acids is 1. The first-order chi connectivity index (χ1) is 8.58. The lowest BCUT2D eigenvalue weighted by atomic mass is 9.99. The van der Waals surface area contributed by atoms with E-state index in [-0.39, 0.29) is 5.78 Å². The average Bonchev–Trinajstić information content (AvgIpc) is 2.74. The van der Waals surface area contributed by atoms with E-state index in [4.69, 9.17) is 0 Å².